The number of hydrogen-bond acceptors (Lipinski definition) is 5. The van der Waals surface area contributed by atoms with E-state index < -0.39 is 28.1 Å². The predicted octanol–water partition coefficient (Wildman–Crippen LogP) is -2.78. The maximum Gasteiger partial charge on any atom is 1.00 e. The van der Waals surface area contributed by atoms with E-state index in [2.05, 4.69) is 5.32 Å². The second kappa shape index (κ2) is 7.99. The number of sulfone groups is 1. The van der Waals surface area contributed by atoms with Gasteiger partial charge in [0, 0.05) is 24.3 Å². The molecule has 0 fully saturated rings. The quantitative estimate of drug-likeness (QED) is 0.589. The van der Waals surface area contributed by atoms with E-state index in [0.717, 1.165) is 6.26 Å². The van der Waals surface area contributed by atoms with E-state index in [-0.39, 0.29) is 51.6 Å². The zero-order valence-electron chi connectivity index (χ0n) is 11.0. The Labute approximate surface area is 143 Å². The van der Waals surface area contributed by atoms with Crippen molar-refractivity contribution in [2.75, 3.05) is 11.6 Å². The first-order valence-corrected chi connectivity index (χ1v) is 7.46. The van der Waals surface area contributed by atoms with Crippen LogP contribution in [0.2, 0.25) is 5.02 Å². The average Bonchev–Trinajstić information content (AvgIpc) is 2.27. The molecular formula is C11H11ClNNaO5S. The van der Waals surface area contributed by atoms with Crippen LogP contribution < -0.4 is 40.0 Å². The van der Waals surface area contributed by atoms with Gasteiger partial charge in [0.25, 0.3) is 0 Å². The second-order valence-electron chi connectivity index (χ2n) is 3.84. The van der Waals surface area contributed by atoms with Crippen molar-refractivity contribution in [2.24, 2.45) is 0 Å². The summed E-state index contributed by atoms with van der Waals surface area (Å²) in [5, 5.41) is 12.6. The van der Waals surface area contributed by atoms with Gasteiger partial charge in [0.1, 0.15) is 0 Å². The number of amides is 1. The van der Waals surface area contributed by atoms with Crippen LogP contribution >= 0.6 is 11.6 Å². The smallest absolute Gasteiger partial charge is 0.550 e. The van der Waals surface area contributed by atoms with Gasteiger partial charge in [0.15, 0.2) is 9.84 Å². The fraction of sp³-hybridized carbons (Fsp3) is 0.273. The molecule has 0 saturated heterocycles. The summed E-state index contributed by atoms with van der Waals surface area (Å²) < 4.78 is 22.8. The molecule has 0 spiro atoms. The third kappa shape index (κ3) is 6.23. The number of anilines is 1. The van der Waals surface area contributed by atoms with Crippen molar-refractivity contribution in [1.29, 1.82) is 0 Å². The summed E-state index contributed by atoms with van der Waals surface area (Å²) in [5.41, 5.74) is 0.230. The number of rotatable bonds is 5. The monoisotopic (exact) mass is 327 g/mol. The average molecular weight is 328 g/mol. The number of nitrogens with one attached hydrogen (secondary N) is 1. The minimum Gasteiger partial charge on any atom is -0.550 e. The molecule has 0 radical (unpaired) electrons. The van der Waals surface area contributed by atoms with Gasteiger partial charge in [-0.25, -0.2) is 8.42 Å². The molecule has 20 heavy (non-hydrogen) atoms. The SMILES string of the molecule is CS(=O)(=O)c1cc(NC(=O)CCC(=O)[O-])ccc1Cl.[Na+]. The Bertz CT molecular complexity index is 617. The Balaban J connectivity index is 0.00000361. The minimum atomic E-state index is -3.50. The maximum absolute atomic E-state index is 11.4. The number of aliphatic carboxylic acids is 1. The molecule has 1 N–H and O–H groups in total. The normalized spacial score (nSPS) is 10.5. The molecule has 0 bridgehead atoms. The third-order valence-corrected chi connectivity index (χ3v) is 3.75. The Morgan fingerprint density at radius 3 is 2.40 bits per heavy atom. The molecule has 1 rings (SSSR count). The molecule has 6 nitrogen and oxygen atoms in total. The summed E-state index contributed by atoms with van der Waals surface area (Å²) >= 11 is 5.74. The van der Waals surface area contributed by atoms with Crippen molar-refractivity contribution in [3.63, 3.8) is 0 Å². The van der Waals surface area contributed by atoms with Gasteiger partial charge in [-0.2, -0.15) is 0 Å². The van der Waals surface area contributed by atoms with Gasteiger partial charge in [-0.1, -0.05) is 11.6 Å². The van der Waals surface area contributed by atoms with Crippen LogP contribution in [0.5, 0.6) is 0 Å². The van der Waals surface area contributed by atoms with Crippen LogP contribution in [-0.2, 0) is 19.4 Å². The largest absolute Gasteiger partial charge is 1.00 e. The van der Waals surface area contributed by atoms with Crippen LogP contribution in [0.3, 0.4) is 0 Å². The van der Waals surface area contributed by atoms with Crippen molar-refractivity contribution in [2.45, 2.75) is 17.7 Å². The summed E-state index contributed by atoms with van der Waals surface area (Å²) in [5.74, 6) is -1.88. The zero-order chi connectivity index (χ0) is 14.6. The molecule has 0 aromatic heterocycles. The van der Waals surface area contributed by atoms with Gasteiger partial charge in [-0.05, 0) is 24.6 Å². The van der Waals surface area contributed by atoms with Gasteiger partial charge < -0.3 is 15.2 Å². The molecule has 1 aromatic rings. The Kier molecular flexibility index (Phi) is 7.75. The molecular weight excluding hydrogens is 317 g/mol. The van der Waals surface area contributed by atoms with Gasteiger partial charge >= 0.3 is 29.6 Å². The number of carboxylic acid groups (broad SMARTS) is 1. The Morgan fingerprint density at radius 1 is 1.30 bits per heavy atom. The van der Waals surface area contributed by atoms with Gasteiger partial charge in [0.05, 0.1) is 9.92 Å². The summed E-state index contributed by atoms with van der Waals surface area (Å²) in [6, 6.07) is 3.98. The van der Waals surface area contributed by atoms with E-state index in [0.29, 0.717) is 0 Å². The molecule has 0 aliphatic heterocycles. The Hall–Kier alpha value is -0.600. The zero-order valence-corrected chi connectivity index (χ0v) is 14.5. The molecule has 0 heterocycles. The first-order chi connectivity index (χ1) is 8.70. The van der Waals surface area contributed by atoms with E-state index in [1.54, 1.807) is 0 Å². The van der Waals surface area contributed by atoms with Gasteiger partial charge in [0.2, 0.25) is 5.91 Å². The number of halogens is 1. The summed E-state index contributed by atoms with van der Waals surface area (Å²) in [6.45, 7) is 0. The van der Waals surface area contributed by atoms with Crippen molar-refractivity contribution in [3.05, 3.63) is 23.2 Å². The maximum atomic E-state index is 11.4. The topological polar surface area (TPSA) is 103 Å². The second-order valence-corrected chi connectivity index (χ2v) is 6.23. The fourth-order valence-corrected chi connectivity index (χ4v) is 2.61. The molecule has 104 valence electrons. The van der Waals surface area contributed by atoms with Crippen molar-refractivity contribution in [3.8, 4) is 0 Å². The third-order valence-electron chi connectivity index (χ3n) is 2.17. The Morgan fingerprint density at radius 2 is 1.90 bits per heavy atom. The van der Waals surface area contributed by atoms with E-state index >= 15 is 0 Å². The van der Waals surface area contributed by atoms with E-state index in [1.165, 1.54) is 18.2 Å². The van der Waals surface area contributed by atoms with Crippen molar-refractivity contribution in [1.82, 2.24) is 0 Å². The first kappa shape index (κ1) is 19.4. The van der Waals surface area contributed by atoms with E-state index in [1.807, 2.05) is 0 Å². The number of carbonyl (C=O) groups is 2. The predicted molar refractivity (Wildman–Crippen MR) is 67.4 cm³/mol. The molecule has 0 saturated carbocycles. The van der Waals surface area contributed by atoms with Crippen molar-refractivity contribution >= 4 is 39.0 Å². The van der Waals surface area contributed by atoms with Crippen LogP contribution in [0.15, 0.2) is 23.1 Å². The molecule has 0 aliphatic carbocycles. The summed E-state index contributed by atoms with van der Waals surface area (Å²) in [4.78, 5) is 21.5. The minimum absolute atomic E-state index is 0. The van der Waals surface area contributed by atoms with Gasteiger partial charge in [-0.3, -0.25) is 4.79 Å². The fourth-order valence-electron chi connectivity index (χ4n) is 1.30. The standard InChI is InChI=1S/C11H12ClNO5S.Na/c1-19(17,18)9-6-7(2-3-8(9)12)13-10(14)4-5-11(15)16;/h2-3,6H,4-5H2,1H3,(H,13,14)(H,15,16);/q;+1/p-1. The van der Waals surface area contributed by atoms with Crippen LogP contribution in [-0.4, -0.2) is 26.6 Å². The van der Waals surface area contributed by atoms with Crippen molar-refractivity contribution < 1.29 is 52.7 Å². The molecule has 9 heteroatoms. The number of benzene rings is 1. The molecule has 0 atom stereocenters. The number of hydrogen-bond donors (Lipinski definition) is 1. The van der Waals surface area contributed by atoms with E-state index in [4.69, 9.17) is 11.6 Å². The molecule has 0 aliphatic rings. The summed E-state index contributed by atoms with van der Waals surface area (Å²) in [6.07, 6.45) is 0.341. The molecule has 1 amide bonds. The van der Waals surface area contributed by atoms with E-state index in [9.17, 15) is 23.1 Å². The van der Waals surface area contributed by atoms with Crippen LogP contribution in [0.25, 0.3) is 0 Å². The molecule has 1 aromatic carbocycles. The van der Waals surface area contributed by atoms with Crippen LogP contribution in [0.1, 0.15) is 12.8 Å². The van der Waals surface area contributed by atoms with Gasteiger partial charge in [-0.15, -0.1) is 0 Å². The summed E-state index contributed by atoms with van der Waals surface area (Å²) in [7, 11) is -3.50. The van der Waals surface area contributed by atoms with Crippen LogP contribution in [0, 0.1) is 0 Å². The molecule has 0 unspecified atom stereocenters. The first-order valence-electron chi connectivity index (χ1n) is 5.19. The number of carbonyl (C=O) groups excluding carboxylic acids is 2. The van der Waals surface area contributed by atoms with Crippen LogP contribution in [0.4, 0.5) is 5.69 Å². The number of carboxylic acids is 1.